The second-order valence-corrected chi connectivity index (χ2v) is 5.80. The third-order valence-electron chi connectivity index (χ3n) is 4.15. The van der Waals surface area contributed by atoms with Crippen molar-refractivity contribution in [1.29, 1.82) is 0 Å². The number of nitrogens with zero attached hydrogens (tertiary/aromatic N) is 1. The minimum absolute atomic E-state index is 0.114. The summed E-state index contributed by atoms with van der Waals surface area (Å²) >= 11 is 0. The van der Waals surface area contributed by atoms with Crippen LogP contribution in [0.5, 0.6) is 0 Å². The molecule has 0 bridgehead atoms. The van der Waals surface area contributed by atoms with Crippen molar-refractivity contribution < 1.29 is 5.11 Å². The smallest absolute Gasteiger partial charge is 0.0628 e. The van der Waals surface area contributed by atoms with Gasteiger partial charge in [0.15, 0.2) is 0 Å². The van der Waals surface area contributed by atoms with Gasteiger partial charge in [-0.3, -0.25) is 4.90 Å². The molecule has 2 heteroatoms. The van der Waals surface area contributed by atoms with E-state index >= 15 is 0 Å². The highest BCUT2D eigenvalue weighted by Crippen LogP contribution is 2.35. The number of rotatable bonds is 5. The third-order valence-corrected chi connectivity index (χ3v) is 4.15. The molecule has 0 saturated carbocycles. The van der Waals surface area contributed by atoms with Crippen LogP contribution in [0.15, 0.2) is 42.5 Å². The fourth-order valence-electron chi connectivity index (χ4n) is 3.31. The van der Waals surface area contributed by atoms with E-state index in [4.69, 9.17) is 0 Å². The molecule has 0 amide bonds. The van der Waals surface area contributed by atoms with E-state index in [1.807, 2.05) is 18.2 Å². The lowest BCUT2D eigenvalue weighted by Gasteiger charge is -2.36. The van der Waals surface area contributed by atoms with Crippen molar-refractivity contribution in [3.63, 3.8) is 0 Å². The molecule has 3 atom stereocenters. The van der Waals surface area contributed by atoms with Crippen molar-refractivity contribution in [2.75, 3.05) is 6.61 Å². The van der Waals surface area contributed by atoms with Gasteiger partial charge in [0.25, 0.3) is 0 Å². The van der Waals surface area contributed by atoms with Crippen LogP contribution in [-0.2, 0) is 0 Å². The van der Waals surface area contributed by atoms with Gasteiger partial charge in [0.1, 0.15) is 0 Å². The van der Waals surface area contributed by atoms with Gasteiger partial charge in [0, 0.05) is 12.1 Å². The maximum absolute atomic E-state index is 9.85. The zero-order valence-electron chi connectivity index (χ0n) is 12.0. The molecule has 1 fully saturated rings. The average molecular weight is 259 g/mol. The fraction of sp³-hybridized carbons (Fsp3) is 0.529. The van der Waals surface area contributed by atoms with E-state index in [-0.39, 0.29) is 12.6 Å². The summed E-state index contributed by atoms with van der Waals surface area (Å²) < 4.78 is 0. The summed E-state index contributed by atoms with van der Waals surface area (Å²) in [6.07, 6.45) is 3.45. The summed E-state index contributed by atoms with van der Waals surface area (Å²) in [5.74, 6) is 0. The molecule has 0 spiro atoms. The molecule has 1 heterocycles. The Labute approximate surface area is 116 Å². The minimum Gasteiger partial charge on any atom is -0.394 e. The van der Waals surface area contributed by atoms with Gasteiger partial charge in [0.05, 0.1) is 12.6 Å². The number of hydrogen-bond acceptors (Lipinski definition) is 2. The molecule has 1 aromatic carbocycles. The Morgan fingerprint density at radius 3 is 2.63 bits per heavy atom. The average Bonchev–Trinajstić information content (AvgIpc) is 2.73. The van der Waals surface area contributed by atoms with Crippen molar-refractivity contribution >= 4 is 0 Å². The van der Waals surface area contributed by atoms with Gasteiger partial charge in [0.2, 0.25) is 0 Å². The Kier molecular flexibility index (Phi) is 4.78. The van der Waals surface area contributed by atoms with Crippen LogP contribution < -0.4 is 0 Å². The van der Waals surface area contributed by atoms with E-state index in [0.717, 1.165) is 6.42 Å². The van der Waals surface area contributed by atoms with E-state index in [9.17, 15) is 5.11 Å². The molecule has 1 aliphatic rings. The van der Waals surface area contributed by atoms with Crippen LogP contribution in [0.1, 0.15) is 44.7 Å². The predicted octanol–water partition coefficient (Wildman–Crippen LogP) is 3.54. The molecule has 0 aromatic heterocycles. The number of aliphatic hydroxyl groups is 1. The normalized spacial score (nSPS) is 25.4. The molecule has 19 heavy (non-hydrogen) atoms. The Bertz CT molecular complexity index is 415. The van der Waals surface area contributed by atoms with Crippen molar-refractivity contribution in [3.05, 3.63) is 48.0 Å². The Hall–Kier alpha value is -1.12. The Morgan fingerprint density at radius 1 is 1.37 bits per heavy atom. The first-order valence-corrected chi connectivity index (χ1v) is 7.21. The van der Waals surface area contributed by atoms with E-state index < -0.39 is 0 Å². The summed E-state index contributed by atoms with van der Waals surface area (Å²) in [5.41, 5.74) is 2.44. The zero-order valence-corrected chi connectivity index (χ0v) is 12.0. The molecule has 2 rings (SSSR count). The molecule has 2 nitrogen and oxygen atoms in total. The molecule has 1 aromatic rings. The minimum atomic E-state index is 0.114. The van der Waals surface area contributed by atoms with Gasteiger partial charge in [-0.25, -0.2) is 0 Å². The van der Waals surface area contributed by atoms with Gasteiger partial charge >= 0.3 is 0 Å². The standard InChI is InChI=1S/C17H25NO/c1-13(2)11-16-10-9-14(3)18(16)17(12-19)15-7-5-4-6-8-15/h4-8,14,16-17,19H,1,9-12H2,2-3H3/t14-,16-,17+/m0/s1. The monoisotopic (exact) mass is 259 g/mol. The highest BCUT2D eigenvalue weighted by molar-refractivity contribution is 5.20. The van der Waals surface area contributed by atoms with E-state index in [2.05, 4.69) is 37.5 Å². The Balaban J connectivity index is 2.22. The largest absolute Gasteiger partial charge is 0.394 e. The first-order valence-electron chi connectivity index (χ1n) is 7.21. The molecule has 1 N–H and O–H groups in total. The fourth-order valence-corrected chi connectivity index (χ4v) is 3.31. The second-order valence-electron chi connectivity index (χ2n) is 5.80. The lowest BCUT2D eigenvalue weighted by molar-refractivity contribution is 0.0828. The van der Waals surface area contributed by atoms with Crippen LogP contribution >= 0.6 is 0 Å². The quantitative estimate of drug-likeness (QED) is 0.818. The molecule has 0 unspecified atom stereocenters. The van der Waals surface area contributed by atoms with E-state index in [1.54, 1.807) is 0 Å². The van der Waals surface area contributed by atoms with Crippen LogP contribution in [0, 0.1) is 0 Å². The summed E-state index contributed by atoms with van der Waals surface area (Å²) in [5, 5.41) is 9.85. The molecule has 104 valence electrons. The number of benzene rings is 1. The number of hydrogen-bond donors (Lipinski definition) is 1. The van der Waals surface area contributed by atoms with E-state index in [0.29, 0.717) is 12.1 Å². The number of likely N-dealkylation sites (tertiary alicyclic amines) is 1. The summed E-state index contributed by atoms with van der Waals surface area (Å²) in [6, 6.07) is 11.5. The summed E-state index contributed by atoms with van der Waals surface area (Å²) in [6.45, 7) is 8.59. The first kappa shape index (κ1) is 14.3. The second kappa shape index (κ2) is 6.36. The highest BCUT2D eigenvalue weighted by Gasteiger charge is 2.35. The Morgan fingerprint density at radius 2 is 2.05 bits per heavy atom. The number of aliphatic hydroxyl groups excluding tert-OH is 1. The molecule has 0 radical (unpaired) electrons. The summed E-state index contributed by atoms with van der Waals surface area (Å²) in [4.78, 5) is 2.49. The van der Waals surface area contributed by atoms with E-state index in [1.165, 1.54) is 24.0 Å². The molecular formula is C17H25NO. The predicted molar refractivity (Wildman–Crippen MR) is 80.0 cm³/mol. The van der Waals surface area contributed by atoms with Crippen LogP contribution in [0.25, 0.3) is 0 Å². The lowest BCUT2D eigenvalue weighted by Crippen LogP contribution is -2.39. The molecule has 1 saturated heterocycles. The van der Waals surface area contributed by atoms with Crippen molar-refractivity contribution in [1.82, 2.24) is 4.90 Å². The van der Waals surface area contributed by atoms with Crippen molar-refractivity contribution in [3.8, 4) is 0 Å². The van der Waals surface area contributed by atoms with Gasteiger partial charge in [-0.1, -0.05) is 35.9 Å². The SMILES string of the molecule is C=C(C)C[C@@H]1CC[C@H](C)N1[C@H](CO)c1ccccc1. The zero-order chi connectivity index (χ0) is 13.8. The van der Waals surface area contributed by atoms with Gasteiger partial charge < -0.3 is 5.11 Å². The van der Waals surface area contributed by atoms with Crippen LogP contribution in [0.3, 0.4) is 0 Å². The first-order chi connectivity index (χ1) is 9.13. The third kappa shape index (κ3) is 3.26. The maximum Gasteiger partial charge on any atom is 0.0628 e. The molecule has 1 aliphatic heterocycles. The van der Waals surface area contributed by atoms with Crippen molar-refractivity contribution in [2.24, 2.45) is 0 Å². The lowest BCUT2D eigenvalue weighted by atomic mass is 10.0. The molecule has 0 aliphatic carbocycles. The summed E-state index contributed by atoms with van der Waals surface area (Å²) in [7, 11) is 0. The topological polar surface area (TPSA) is 23.5 Å². The van der Waals surface area contributed by atoms with Gasteiger partial charge in [-0.2, -0.15) is 0 Å². The van der Waals surface area contributed by atoms with Gasteiger partial charge in [-0.15, -0.1) is 6.58 Å². The van der Waals surface area contributed by atoms with Crippen LogP contribution in [0.2, 0.25) is 0 Å². The van der Waals surface area contributed by atoms with Crippen molar-refractivity contribution in [2.45, 2.75) is 51.2 Å². The molecular weight excluding hydrogens is 234 g/mol. The van der Waals surface area contributed by atoms with Crippen LogP contribution in [-0.4, -0.2) is 28.7 Å². The van der Waals surface area contributed by atoms with Gasteiger partial charge in [-0.05, 0) is 38.7 Å². The maximum atomic E-state index is 9.85. The highest BCUT2D eigenvalue weighted by atomic mass is 16.3. The van der Waals surface area contributed by atoms with Crippen LogP contribution in [0.4, 0.5) is 0 Å².